The van der Waals surface area contributed by atoms with Crippen molar-refractivity contribution in [3.05, 3.63) is 69.2 Å². The summed E-state index contributed by atoms with van der Waals surface area (Å²) in [6, 6.07) is 8.24. The van der Waals surface area contributed by atoms with E-state index in [-0.39, 0.29) is 11.1 Å². The van der Waals surface area contributed by atoms with E-state index in [2.05, 4.69) is 15.9 Å². The molecule has 2 aromatic rings. The molecule has 0 atom stereocenters. The Hall–Kier alpha value is -1.55. The van der Waals surface area contributed by atoms with Crippen LogP contribution in [0.5, 0.6) is 0 Å². The summed E-state index contributed by atoms with van der Waals surface area (Å²) in [6.45, 7) is 1.72. The first-order chi connectivity index (χ1) is 8.49. The molecule has 1 nitrogen and oxygen atoms in total. The number of aryl methyl sites for hydroxylation is 1. The highest BCUT2D eigenvalue weighted by Gasteiger charge is 2.17. The van der Waals surface area contributed by atoms with Gasteiger partial charge in [-0.05, 0) is 42.8 Å². The average molecular weight is 311 g/mol. The molecule has 0 saturated carbocycles. The van der Waals surface area contributed by atoms with Crippen molar-refractivity contribution >= 4 is 21.7 Å². The highest BCUT2D eigenvalue weighted by atomic mass is 79.9. The van der Waals surface area contributed by atoms with Crippen molar-refractivity contribution in [2.45, 2.75) is 6.92 Å². The standard InChI is InChI=1S/C14H9BrF2O/c1-8-2-4-10(13(17)6-8)14(18)11-7-9(15)3-5-12(11)16/h2-7H,1H3. The third-order valence-corrected chi connectivity index (χ3v) is 3.04. The maximum atomic E-state index is 13.7. The summed E-state index contributed by atoms with van der Waals surface area (Å²) < 4.78 is 27.8. The van der Waals surface area contributed by atoms with Crippen molar-refractivity contribution in [3.8, 4) is 0 Å². The molecule has 18 heavy (non-hydrogen) atoms. The second kappa shape index (κ2) is 4.98. The zero-order chi connectivity index (χ0) is 13.3. The smallest absolute Gasteiger partial charge is 0.198 e. The van der Waals surface area contributed by atoms with Crippen molar-refractivity contribution in [2.24, 2.45) is 0 Å². The van der Waals surface area contributed by atoms with E-state index in [1.165, 1.54) is 30.3 Å². The van der Waals surface area contributed by atoms with Crippen molar-refractivity contribution < 1.29 is 13.6 Å². The summed E-state index contributed by atoms with van der Waals surface area (Å²) in [5.41, 5.74) is 0.434. The summed E-state index contributed by atoms with van der Waals surface area (Å²) in [6.07, 6.45) is 0. The number of carbonyl (C=O) groups excluding carboxylic acids is 1. The number of ketones is 1. The van der Waals surface area contributed by atoms with Crippen LogP contribution in [0.4, 0.5) is 8.78 Å². The summed E-state index contributed by atoms with van der Waals surface area (Å²) in [5, 5.41) is 0. The van der Waals surface area contributed by atoms with Crippen LogP contribution in [0.25, 0.3) is 0 Å². The minimum atomic E-state index is -0.664. The molecule has 0 radical (unpaired) electrons. The monoisotopic (exact) mass is 310 g/mol. The quantitative estimate of drug-likeness (QED) is 0.757. The predicted molar refractivity (Wildman–Crippen MR) is 68.7 cm³/mol. The van der Waals surface area contributed by atoms with Crippen molar-refractivity contribution in [1.29, 1.82) is 0 Å². The van der Waals surface area contributed by atoms with Gasteiger partial charge < -0.3 is 0 Å². The molecule has 0 aliphatic heterocycles. The Morgan fingerprint density at radius 3 is 2.39 bits per heavy atom. The van der Waals surface area contributed by atoms with Gasteiger partial charge in [0, 0.05) is 4.47 Å². The first-order valence-electron chi connectivity index (χ1n) is 5.25. The molecule has 0 N–H and O–H groups in total. The number of hydrogen-bond acceptors (Lipinski definition) is 1. The molecule has 2 aromatic carbocycles. The molecule has 2 rings (SSSR count). The molecule has 0 unspecified atom stereocenters. The average Bonchev–Trinajstić information content (AvgIpc) is 2.31. The maximum absolute atomic E-state index is 13.7. The largest absolute Gasteiger partial charge is 0.288 e. The summed E-state index contributed by atoms with van der Waals surface area (Å²) in [4.78, 5) is 12.1. The third-order valence-electron chi connectivity index (χ3n) is 2.54. The van der Waals surface area contributed by atoms with Crippen molar-refractivity contribution in [3.63, 3.8) is 0 Å². The van der Waals surface area contributed by atoms with Crippen LogP contribution in [-0.4, -0.2) is 5.78 Å². The minimum Gasteiger partial charge on any atom is -0.288 e. The molecule has 92 valence electrons. The molecule has 0 bridgehead atoms. The maximum Gasteiger partial charge on any atom is 0.198 e. The fraction of sp³-hybridized carbons (Fsp3) is 0.0714. The fourth-order valence-corrected chi connectivity index (χ4v) is 1.98. The van der Waals surface area contributed by atoms with E-state index in [0.29, 0.717) is 10.0 Å². The molecule has 0 spiro atoms. The minimum absolute atomic E-state index is 0.127. The highest BCUT2D eigenvalue weighted by molar-refractivity contribution is 9.10. The number of halogens is 3. The lowest BCUT2D eigenvalue weighted by atomic mass is 10.0. The van der Waals surface area contributed by atoms with E-state index in [9.17, 15) is 13.6 Å². The van der Waals surface area contributed by atoms with Gasteiger partial charge in [-0.3, -0.25) is 4.79 Å². The van der Waals surface area contributed by atoms with Gasteiger partial charge in [0.1, 0.15) is 11.6 Å². The van der Waals surface area contributed by atoms with Gasteiger partial charge in [-0.2, -0.15) is 0 Å². The van der Waals surface area contributed by atoms with Crippen LogP contribution in [0.3, 0.4) is 0 Å². The van der Waals surface area contributed by atoms with Crippen LogP contribution in [-0.2, 0) is 0 Å². The zero-order valence-corrected chi connectivity index (χ0v) is 11.1. The Morgan fingerprint density at radius 1 is 1.00 bits per heavy atom. The number of hydrogen-bond donors (Lipinski definition) is 0. The van der Waals surface area contributed by atoms with Gasteiger partial charge in [-0.25, -0.2) is 8.78 Å². The molecule has 0 aliphatic rings. The third kappa shape index (κ3) is 2.48. The first-order valence-corrected chi connectivity index (χ1v) is 6.04. The first kappa shape index (κ1) is 12.9. The highest BCUT2D eigenvalue weighted by Crippen LogP contribution is 2.20. The Balaban J connectivity index is 2.51. The van der Waals surface area contributed by atoms with Gasteiger partial charge in [0.05, 0.1) is 11.1 Å². The molecular weight excluding hydrogens is 302 g/mol. The predicted octanol–water partition coefficient (Wildman–Crippen LogP) is 4.27. The van der Waals surface area contributed by atoms with Crippen molar-refractivity contribution in [2.75, 3.05) is 0 Å². The number of carbonyl (C=O) groups is 1. The van der Waals surface area contributed by atoms with Crippen LogP contribution >= 0.6 is 15.9 Å². The lowest BCUT2D eigenvalue weighted by Gasteiger charge is -2.05. The second-order valence-electron chi connectivity index (χ2n) is 3.94. The van der Waals surface area contributed by atoms with Gasteiger partial charge in [-0.15, -0.1) is 0 Å². The van der Waals surface area contributed by atoms with E-state index in [4.69, 9.17) is 0 Å². The van der Waals surface area contributed by atoms with Gasteiger partial charge in [-0.1, -0.05) is 22.0 Å². The number of rotatable bonds is 2. The summed E-state index contributed by atoms with van der Waals surface area (Å²) >= 11 is 3.15. The fourth-order valence-electron chi connectivity index (χ4n) is 1.62. The lowest BCUT2D eigenvalue weighted by Crippen LogP contribution is -2.07. The lowest BCUT2D eigenvalue weighted by molar-refractivity contribution is 0.103. The van der Waals surface area contributed by atoms with Gasteiger partial charge in [0.2, 0.25) is 0 Å². The number of benzene rings is 2. The van der Waals surface area contributed by atoms with Crippen LogP contribution < -0.4 is 0 Å². The van der Waals surface area contributed by atoms with E-state index < -0.39 is 17.4 Å². The van der Waals surface area contributed by atoms with Crippen LogP contribution in [0.15, 0.2) is 40.9 Å². The molecule has 4 heteroatoms. The van der Waals surface area contributed by atoms with Gasteiger partial charge in [0.25, 0.3) is 0 Å². The summed E-state index contributed by atoms with van der Waals surface area (Å²) in [7, 11) is 0. The molecule has 0 heterocycles. The summed E-state index contributed by atoms with van der Waals surface area (Å²) in [5.74, 6) is -1.96. The Morgan fingerprint density at radius 2 is 1.72 bits per heavy atom. The normalized spacial score (nSPS) is 10.4. The molecule has 0 saturated heterocycles. The molecule has 0 aromatic heterocycles. The van der Waals surface area contributed by atoms with E-state index in [1.54, 1.807) is 13.0 Å². The SMILES string of the molecule is Cc1ccc(C(=O)c2cc(Br)ccc2F)c(F)c1. The zero-order valence-electron chi connectivity index (χ0n) is 9.51. The Kier molecular flexibility index (Phi) is 3.57. The van der Waals surface area contributed by atoms with Gasteiger partial charge in [0.15, 0.2) is 5.78 Å². The van der Waals surface area contributed by atoms with Crippen LogP contribution in [0.2, 0.25) is 0 Å². The van der Waals surface area contributed by atoms with Crippen molar-refractivity contribution in [1.82, 2.24) is 0 Å². The molecular formula is C14H9BrF2O. The second-order valence-corrected chi connectivity index (χ2v) is 4.85. The molecule has 0 amide bonds. The van der Waals surface area contributed by atoms with Crippen LogP contribution in [0.1, 0.15) is 21.5 Å². The van der Waals surface area contributed by atoms with Crippen LogP contribution in [0, 0.1) is 18.6 Å². The Labute approximate surface area is 112 Å². The Bertz CT molecular complexity index is 623. The van der Waals surface area contributed by atoms with Gasteiger partial charge >= 0.3 is 0 Å². The molecule has 0 fully saturated rings. The van der Waals surface area contributed by atoms with E-state index in [0.717, 1.165) is 0 Å². The van der Waals surface area contributed by atoms with E-state index >= 15 is 0 Å². The topological polar surface area (TPSA) is 17.1 Å². The molecule has 0 aliphatic carbocycles. The van der Waals surface area contributed by atoms with E-state index in [1.807, 2.05) is 0 Å².